The Morgan fingerprint density at radius 3 is 2.42 bits per heavy atom. The molecule has 40 heavy (non-hydrogen) atoms. The molecule has 218 valence electrons. The molecule has 2 aromatic carbocycles. The number of amides is 1. The van der Waals surface area contributed by atoms with E-state index in [0.29, 0.717) is 12.0 Å². The molecule has 0 fully saturated rings. The lowest BCUT2D eigenvalue weighted by molar-refractivity contribution is -0.144. The van der Waals surface area contributed by atoms with Crippen LogP contribution in [0.15, 0.2) is 55.6 Å². The van der Waals surface area contributed by atoms with Gasteiger partial charge in [-0.3, -0.25) is 13.8 Å². The number of unbranched alkanes of at least 4 members (excludes halogenated alkanes) is 2. The van der Waals surface area contributed by atoms with Gasteiger partial charge >= 0.3 is 5.97 Å². The Morgan fingerprint density at radius 2 is 1.80 bits per heavy atom. The lowest BCUT2D eigenvalue weighted by Crippen LogP contribution is -2.40. The highest BCUT2D eigenvalue weighted by Gasteiger charge is 2.27. The summed E-state index contributed by atoms with van der Waals surface area (Å²) in [6.07, 6.45) is 5.90. The maximum absolute atomic E-state index is 14.4. The summed E-state index contributed by atoms with van der Waals surface area (Å²) >= 11 is 0. The van der Waals surface area contributed by atoms with E-state index < -0.39 is 34.1 Å². The standard InChI is InChI=1S/C31H40FNO6S/c1-7-10-11-12-14-23-19-26(32)17-22(5)30(23)25-16-21(4)15-24(18-25)27(20-29(34)38-9-3)33-31(35)28(13-8-2)39-40(6,36)37/h7-8,15-19,27-28H,1-2,9-14,20H2,3-6H3,(H,33,35)/t27-,28+/m0/s1. The van der Waals surface area contributed by atoms with Gasteiger partial charge in [0.15, 0.2) is 6.10 Å². The first-order valence-corrected chi connectivity index (χ1v) is 15.2. The average molecular weight is 574 g/mol. The van der Waals surface area contributed by atoms with E-state index >= 15 is 0 Å². The maximum atomic E-state index is 14.4. The quantitative estimate of drug-likeness (QED) is 0.114. The van der Waals surface area contributed by atoms with Crippen LogP contribution in [0.3, 0.4) is 0 Å². The van der Waals surface area contributed by atoms with Crippen LogP contribution in [-0.2, 0) is 35.0 Å². The van der Waals surface area contributed by atoms with Crippen molar-refractivity contribution in [2.45, 2.75) is 71.4 Å². The van der Waals surface area contributed by atoms with Gasteiger partial charge < -0.3 is 10.1 Å². The number of rotatable bonds is 16. The van der Waals surface area contributed by atoms with Crippen LogP contribution >= 0.6 is 0 Å². The van der Waals surface area contributed by atoms with Crippen LogP contribution in [0.5, 0.6) is 0 Å². The predicted octanol–water partition coefficient (Wildman–Crippen LogP) is 6.04. The largest absolute Gasteiger partial charge is 0.466 e. The van der Waals surface area contributed by atoms with E-state index in [2.05, 4.69) is 18.5 Å². The minimum Gasteiger partial charge on any atom is -0.466 e. The van der Waals surface area contributed by atoms with E-state index in [1.807, 2.05) is 38.1 Å². The van der Waals surface area contributed by atoms with Crippen molar-refractivity contribution < 1.29 is 31.3 Å². The molecule has 0 aliphatic heterocycles. The third-order valence-corrected chi connectivity index (χ3v) is 6.82. The maximum Gasteiger partial charge on any atom is 0.308 e. The fourth-order valence-electron chi connectivity index (χ4n) is 4.64. The summed E-state index contributed by atoms with van der Waals surface area (Å²) in [6, 6.07) is 7.90. The van der Waals surface area contributed by atoms with Crippen molar-refractivity contribution in [2.24, 2.45) is 0 Å². The van der Waals surface area contributed by atoms with Crippen molar-refractivity contribution in [3.63, 3.8) is 0 Å². The van der Waals surface area contributed by atoms with Crippen molar-refractivity contribution in [2.75, 3.05) is 12.9 Å². The van der Waals surface area contributed by atoms with Crippen LogP contribution in [0.1, 0.15) is 67.3 Å². The number of allylic oxidation sites excluding steroid dienone is 1. The number of esters is 1. The molecular formula is C31H40FNO6S. The molecule has 7 nitrogen and oxygen atoms in total. The van der Waals surface area contributed by atoms with Gasteiger partial charge in [0.25, 0.3) is 16.0 Å². The van der Waals surface area contributed by atoms with Crippen LogP contribution in [-0.4, -0.2) is 39.3 Å². The van der Waals surface area contributed by atoms with Gasteiger partial charge in [-0.1, -0.05) is 29.8 Å². The molecule has 1 N–H and O–H groups in total. The first kappa shape index (κ1) is 32.9. The van der Waals surface area contributed by atoms with E-state index in [-0.39, 0.29) is 25.3 Å². The molecule has 9 heteroatoms. The van der Waals surface area contributed by atoms with E-state index in [9.17, 15) is 22.4 Å². The lowest BCUT2D eigenvalue weighted by atomic mass is 9.88. The van der Waals surface area contributed by atoms with E-state index in [4.69, 9.17) is 8.92 Å². The summed E-state index contributed by atoms with van der Waals surface area (Å²) in [5.41, 5.74) is 4.85. The molecule has 2 aromatic rings. The fraction of sp³-hybridized carbons (Fsp3) is 0.419. The third-order valence-electron chi connectivity index (χ3n) is 6.23. The van der Waals surface area contributed by atoms with Crippen LogP contribution in [0, 0.1) is 19.7 Å². The van der Waals surface area contributed by atoms with Gasteiger partial charge in [0.1, 0.15) is 5.82 Å². The summed E-state index contributed by atoms with van der Waals surface area (Å²) in [5, 5.41) is 2.78. The molecule has 0 radical (unpaired) electrons. The molecule has 0 saturated carbocycles. The minimum atomic E-state index is -3.93. The van der Waals surface area contributed by atoms with Crippen molar-refractivity contribution in [3.05, 3.63) is 83.7 Å². The molecule has 0 unspecified atom stereocenters. The smallest absolute Gasteiger partial charge is 0.308 e. The Kier molecular flexibility index (Phi) is 12.7. The lowest BCUT2D eigenvalue weighted by Gasteiger charge is -2.23. The second-order valence-electron chi connectivity index (χ2n) is 9.81. The first-order chi connectivity index (χ1) is 18.9. The molecule has 0 heterocycles. The topological polar surface area (TPSA) is 98.8 Å². The molecule has 0 aliphatic rings. The molecule has 0 bridgehead atoms. The molecule has 0 aliphatic carbocycles. The van der Waals surface area contributed by atoms with Crippen LogP contribution < -0.4 is 5.32 Å². The number of carbonyl (C=O) groups is 2. The number of aryl methyl sites for hydroxylation is 3. The van der Waals surface area contributed by atoms with Gasteiger partial charge in [-0.25, -0.2) is 4.39 Å². The Balaban J connectivity index is 2.55. The van der Waals surface area contributed by atoms with Crippen molar-refractivity contribution in [3.8, 4) is 11.1 Å². The zero-order valence-electron chi connectivity index (χ0n) is 23.8. The zero-order valence-corrected chi connectivity index (χ0v) is 24.6. The summed E-state index contributed by atoms with van der Waals surface area (Å²) in [5.74, 6) is -1.54. The summed E-state index contributed by atoms with van der Waals surface area (Å²) < 4.78 is 48.0. The van der Waals surface area contributed by atoms with Crippen LogP contribution in [0.4, 0.5) is 4.39 Å². The van der Waals surface area contributed by atoms with Gasteiger partial charge in [-0.2, -0.15) is 8.42 Å². The van der Waals surface area contributed by atoms with Crippen LogP contribution in [0.25, 0.3) is 11.1 Å². The number of nitrogens with one attached hydrogen (secondary N) is 1. The van der Waals surface area contributed by atoms with Gasteiger partial charge in [-0.05, 0) is 92.5 Å². The zero-order chi connectivity index (χ0) is 29.9. The fourth-order valence-corrected chi connectivity index (χ4v) is 5.23. The van der Waals surface area contributed by atoms with E-state index in [1.54, 1.807) is 13.0 Å². The molecule has 2 rings (SSSR count). The number of ether oxygens (including phenoxy) is 1. The van der Waals surface area contributed by atoms with Crippen molar-refractivity contribution >= 4 is 22.0 Å². The molecule has 1 amide bonds. The number of benzene rings is 2. The van der Waals surface area contributed by atoms with E-state index in [1.165, 1.54) is 12.1 Å². The van der Waals surface area contributed by atoms with Gasteiger partial charge in [0.2, 0.25) is 0 Å². The third kappa shape index (κ3) is 10.4. The number of carbonyl (C=O) groups excluding carboxylic acids is 2. The van der Waals surface area contributed by atoms with Crippen molar-refractivity contribution in [1.29, 1.82) is 0 Å². The van der Waals surface area contributed by atoms with Crippen LogP contribution in [0.2, 0.25) is 0 Å². The van der Waals surface area contributed by atoms with Gasteiger partial charge in [0.05, 0.1) is 25.3 Å². The predicted molar refractivity (Wildman–Crippen MR) is 156 cm³/mol. The molecule has 2 atom stereocenters. The first-order valence-electron chi connectivity index (χ1n) is 13.4. The summed E-state index contributed by atoms with van der Waals surface area (Å²) in [4.78, 5) is 25.7. The Bertz CT molecular complexity index is 1320. The van der Waals surface area contributed by atoms with Crippen molar-refractivity contribution in [1.82, 2.24) is 5.32 Å². The second kappa shape index (κ2) is 15.5. The Hall–Kier alpha value is -3.30. The van der Waals surface area contributed by atoms with E-state index in [0.717, 1.165) is 53.3 Å². The number of hydrogen-bond acceptors (Lipinski definition) is 6. The average Bonchev–Trinajstić information content (AvgIpc) is 2.84. The molecule has 0 aromatic heterocycles. The Labute approximate surface area is 237 Å². The molecular weight excluding hydrogens is 533 g/mol. The summed E-state index contributed by atoms with van der Waals surface area (Å²) in [7, 11) is -3.93. The molecule has 0 spiro atoms. The highest BCUT2D eigenvalue weighted by atomic mass is 32.2. The summed E-state index contributed by atoms with van der Waals surface area (Å²) in [6.45, 7) is 12.9. The SMILES string of the molecule is C=CCCCCc1cc(F)cc(C)c1-c1cc(C)cc([C@H](CC(=O)OCC)NC(=O)[C@@H](CC=C)OS(C)(=O)=O)c1. The van der Waals surface area contributed by atoms with Gasteiger partial charge in [-0.15, -0.1) is 13.2 Å². The highest BCUT2D eigenvalue weighted by Crippen LogP contribution is 2.33. The normalized spacial score (nSPS) is 12.8. The monoisotopic (exact) mass is 573 g/mol. The second-order valence-corrected chi connectivity index (χ2v) is 11.4. The minimum absolute atomic E-state index is 0.0475. The number of hydrogen-bond donors (Lipinski definition) is 1. The van der Waals surface area contributed by atoms with Gasteiger partial charge in [0, 0.05) is 6.42 Å². The highest BCUT2D eigenvalue weighted by molar-refractivity contribution is 7.86. The molecule has 0 saturated heterocycles. The Morgan fingerprint density at radius 1 is 1.07 bits per heavy atom. The number of halogens is 1.